The summed E-state index contributed by atoms with van der Waals surface area (Å²) in [5, 5.41) is 18.6. The molecule has 11 heteroatoms. The van der Waals surface area contributed by atoms with Crippen molar-refractivity contribution in [3.8, 4) is 28.8 Å². The summed E-state index contributed by atoms with van der Waals surface area (Å²) in [7, 11) is 0. The van der Waals surface area contributed by atoms with E-state index in [1.54, 1.807) is 39.9 Å². The molecule has 0 spiro atoms. The summed E-state index contributed by atoms with van der Waals surface area (Å²) in [6.45, 7) is 4.95. The van der Waals surface area contributed by atoms with Gasteiger partial charge >= 0.3 is 0 Å². The first-order valence-electron chi connectivity index (χ1n) is 14.5. The number of nitrogens with zero attached hydrogens (tertiary/aromatic N) is 6. The van der Waals surface area contributed by atoms with Crippen molar-refractivity contribution in [2.45, 2.75) is 63.7 Å². The van der Waals surface area contributed by atoms with Gasteiger partial charge in [0.15, 0.2) is 5.65 Å². The number of nitriles is 1. The van der Waals surface area contributed by atoms with Gasteiger partial charge in [-0.3, -0.25) is 4.79 Å². The zero-order valence-electron chi connectivity index (χ0n) is 24.1. The number of likely N-dealkylation sites (tertiary alicyclic amines) is 1. The molecule has 4 aromatic rings. The molecule has 0 unspecified atom stereocenters. The van der Waals surface area contributed by atoms with Crippen molar-refractivity contribution in [1.29, 1.82) is 5.26 Å². The number of nitrogen functional groups attached to an aromatic ring is 1. The molecule has 3 heterocycles. The number of hydrogen-bond acceptors (Lipinski definition) is 8. The van der Waals surface area contributed by atoms with Crippen LogP contribution in [0.25, 0.3) is 22.3 Å². The van der Waals surface area contributed by atoms with E-state index in [1.165, 1.54) is 12.4 Å². The van der Waals surface area contributed by atoms with Gasteiger partial charge in [-0.15, -0.1) is 0 Å². The number of benzene rings is 2. The normalized spacial score (nSPS) is 17.8. The van der Waals surface area contributed by atoms with E-state index in [0.29, 0.717) is 41.3 Å². The zero-order chi connectivity index (χ0) is 30.1. The lowest BCUT2D eigenvalue weighted by molar-refractivity contribution is -0.127. The van der Waals surface area contributed by atoms with Crippen LogP contribution in [0.4, 0.5) is 10.2 Å². The Morgan fingerprint density at radius 1 is 1.23 bits per heavy atom. The average molecular weight is 581 g/mol. The largest absolute Gasteiger partial charge is 0.457 e. The maximum atomic E-state index is 15.5. The molecule has 220 valence electrons. The average Bonchev–Trinajstić information content (AvgIpc) is 3.39. The summed E-state index contributed by atoms with van der Waals surface area (Å²) in [6.07, 6.45) is 6.46. The minimum Gasteiger partial charge on any atom is -0.457 e. The van der Waals surface area contributed by atoms with Crippen molar-refractivity contribution in [3.05, 3.63) is 72.3 Å². The molecule has 1 saturated carbocycles. The van der Waals surface area contributed by atoms with E-state index >= 15 is 4.39 Å². The van der Waals surface area contributed by atoms with Gasteiger partial charge in [-0.1, -0.05) is 32.0 Å². The van der Waals surface area contributed by atoms with Gasteiger partial charge in [0.05, 0.1) is 18.0 Å². The molecule has 2 aromatic carbocycles. The second-order valence-corrected chi connectivity index (χ2v) is 11.5. The molecule has 2 fully saturated rings. The maximum Gasteiger partial charge on any atom is 0.264 e. The van der Waals surface area contributed by atoms with Gasteiger partial charge in [0.1, 0.15) is 46.8 Å². The van der Waals surface area contributed by atoms with Crippen LogP contribution in [-0.2, 0) is 11.3 Å². The Morgan fingerprint density at radius 2 is 2.02 bits per heavy atom. The van der Waals surface area contributed by atoms with E-state index in [9.17, 15) is 10.1 Å². The van der Waals surface area contributed by atoms with Crippen molar-refractivity contribution in [1.82, 2.24) is 30.0 Å². The SMILES string of the molecule is CC(C)NC1(/C=C(\C#N)C(=O)N2CCC[C@@H]2Cn2nc(-c3ccc(Oc4ccccc4)cc3F)c3c(N)ncnc32)CC1. The van der Waals surface area contributed by atoms with Gasteiger partial charge in [-0.05, 0) is 56.0 Å². The molecule has 43 heavy (non-hydrogen) atoms. The number of amides is 1. The van der Waals surface area contributed by atoms with Crippen LogP contribution < -0.4 is 15.8 Å². The van der Waals surface area contributed by atoms with Crippen molar-refractivity contribution >= 4 is 22.8 Å². The summed E-state index contributed by atoms with van der Waals surface area (Å²) >= 11 is 0. The predicted molar refractivity (Wildman–Crippen MR) is 160 cm³/mol. The number of fused-ring (bicyclic) bond motifs is 1. The first kappa shape index (κ1) is 28.3. The molecule has 3 N–H and O–H groups in total. The third kappa shape index (κ3) is 5.79. The minimum absolute atomic E-state index is 0.148. The maximum absolute atomic E-state index is 15.5. The topological polar surface area (TPSA) is 135 Å². The smallest absolute Gasteiger partial charge is 0.264 e. The summed E-state index contributed by atoms with van der Waals surface area (Å²) in [4.78, 5) is 23.9. The van der Waals surface area contributed by atoms with Crippen molar-refractivity contribution in [3.63, 3.8) is 0 Å². The van der Waals surface area contributed by atoms with Crippen LogP contribution in [0.2, 0.25) is 0 Å². The fourth-order valence-electron chi connectivity index (χ4n) is 5.83. The second kappa shape index (κ2) is 11.5. The van der Waals surface area contributed by atoms with Gasteiger partial charge < -0.3 is 20.7 Å². The van der Waals surface area contributed by atoms with Gasteiger partial charge in [0, 0.05) is 29.8 Å². The Morgan fingerprint density at radius 3 is 2.72 bits per heavy atom. The fraction of sp³-hybridized carbons (Fsp3) is 0.344. The summed E-state index contributed by atoms with van der Waals surface area (Å²) < 4.78 is 23.0. The molecule has 1 saturated heterocycles. The molecule has 0 radical (unpaired) electrons. The molecule has 10 nitrogen and oxygen atoms in total. The standard InChI is InChI=1S/C32H33FN8O2/c1-20(2)38-32(12-13-32)16-21(17-34)31(42)40-14-6-7-22(40)18-41-30-27(29(35)36-19-37-30)28(39-41)25-11-10-24(15-26(25)33)43-23-8-4-3-5-9-23/h3-5,8-11,15-16,19-20,22,38H,6-7,12-14,18H2,1-2H3,(H2,35,36,37)/b21-16+/t22-/m1/s1. The Hall–Kier alpha value is -4.82. The van der Waals surface area contributed by atoms with E-state index in [0.717, 1.165) is 25.7 Å². The summed E-state index contributed by atoms with van der Waals surface area (Å²) in [5.74, 6) is 0.298. The lowest BCUT2D eigenvalue weighted by Crippen LogP contribution is -2.40. The molecular weight excluding hydrogens is 547 g/mol. The third-order valence-electron chi connectivity index (χ3n) is 7.89. The van der Waals surface area contributed by atoms with E-state index in [-0.39, 0.29) is 40.5 Å². The lowest BCUT2D eigenvalue weighted by atomic mass is 10.1. The number of hydrogen-bond donors (Lipinski definition) is 2. The molecule has 2 aromatic heterocycles. The highest BCUT2D eigenvalue weighted by atomic mass is 19.1. The molecule has 6 rings (SSSR count). The Balaban J connectivity index is 1.29. The van der Waals surface area contributed by atoms with E-state index in [2.05, 4.69) is 35.2 Å². The monoisotopic (exact) mass is 580 g/mol. The zero-order valence-corrected chi connectivity index (χ0v) is 24.1. The van der Waals surface area contributed by atoms with E-state index < -0.39 is 5.82 Å². The van der Waals surface area contributed by atoms with Gasteiger partial charge in [-0.2, -0.15) is 10.4 Å². The molecule has 1 aliphatic heterocycles. The van der Waals surface area contributed by atoms with Crippen LogP contribution >= 0.6 is 0 Å². The van der Waals surface area contributed by atoms with Crippen molar-refractivity contribution in [2.75, 3.05) is 12.3 Å². The second-order valence-electron chi connectivity index (χ2n) is 11.5. The molecular formula is C32H33FN8O2. The molecule has 0 bridgehead atoms. The summed E-state index contributed by atoms with van der Waals surface area (Å²) in [5.41, 5.74) is 7.10. The van der Waals surface area contributed by atoms with Crippen LogP contribution in [0.3, 0.4) is 0 Å². The highest BCUT2D eigenvalue weighted by molar-refractivity contribution is 5.99. The molecule has 1 atom stereocenters. The van der Waals surface area contributed by atoms with Crippen LogP contribution in [-0.4, -0.2) is 54.7 Å². The third-order valence-corrected chi connectivity index (χ3v) is 7.89. The van der Waals surface area contributed by atoms with Gasteiger partial charge in [0.25, 0.3) is 5.91 Å². The van der Waals surface area contributed by atoms with Gasteiger partial charge in [-0.25, -0.2) is 19.0 Å². The van der Waals surface area contributed by atoms with Crippen LogP contribution in [0.5, 0.6) is 11.5 Å². The lowest BCUT2D eigenvalue weighted by Gasteiger charge is -2.25. The number of carbonyl (C=O) groups is 1. The first-order chi connectivity index (χ1) is 20.8. The van der Waals surface area contributed by atoms with E-state index in [4.69, 9.17) is 15.6 Å². The number of carbonyl (C=O) groups excluding carboxylic acids is 1. The first-order valence-corrected chi connectivity index (χ1v) is 14.5. The number of anilines is 1. The molecule has 2 aliphatic rings. The van der Waals surface area contributed by atoms with E-state index in [1.807, 2.05) is 18.2 Å². The highest BCUT2D eigenvalue weighted by Crippen LogP contribution is 2.39. The Labute approximate surface area is 249 Å². The Bertz CT molecular complexity index is 1740. The van der Waals surface area contributed by atoms with Crippen LogP contribution in [0.15, 0.2) is 66.5 Å². The van der Waals surface area contributed by atoms with Crippen molar-refractivity contribution < 1.29 is 13.9 Å². The quantitative estimate of drug-likeness (QED) is 0.209. The number of nitrogens with two attached hydrogens (primary N) is 1. The van der Waals surface area contributed by atoms with Crippen LogP contribution in [0, 0.1) is 17.1 Å². The minimum atomic E-state index is -0.534. The number of ether oxygens (including phenoxy) is 1. The summed E-state index contributed by atoms with van der Waals surface area (Å²) in [6, 6.07) is 15.9. The number of aromatic nitrogens is 4. The van der Waals surface area contributed by atoms with Crippen LogP contribution in [0.1, 0.15) is 39.5 Å². The molecule has 1 aliphatic carbocycles. The number of halogens is 1. The predicted octanol–water partition coefficient (Wildman–Crippen LogP) is 4.98. The fourth-order valence-corrected chi connectivity index (χ4v) is 5.83. The van der Waals surface area contributed by atoms with Crippen molar-refractivity contribution in [2.24, 2.45) is 0 Å². The number of para-hydroxylation sites is 1. The number of nitrogens with one attached hydrogen (secondary N) is 1. The highest BCUT2D eigenvalue weighted by Gasteiger charge is 2.42. The number of rotatable bonds is 9. The van der Waals surface area contributed by atoms with Gasteiger partial charge in [0.2, 0.25) is 0 Å². The Kier molecular flexibility index (Phi) is 7.54. The molecule has 1 amide bonds.